The van der Waals surface area contributed by atoms with Crippen LogP contribution in [0.4, 0.5) is 4.79 Å². The molecule has 0 saturated heterocycles. The summed E-state index contributed by atoms with van der Waals surface area (Å²) in [6, 6.07) is 16.0. The minimum atomic E-state index is -1.46. The van der Waals surface area contributed by atoms with E-state index in [2.05, 4.69) is 15.3 Å². The van der Waals surface area contributed by atoms with Gasteiger partial charge in [-0.3, -0.25) is 0 Å². The third-order valence-corrected chi connectivity index (χ3v) is 5.44. The zero-order valence-electron chi connectivity index (χ0n) is 16.7. The number of rotatable bonds is 9. The first-order chi connectivity index (χ1) is 14.5. The minimum absolute atomic E-state index is 0.0944. The molecule has 0 spiro atoms. The first kappa shape index (κ1) is 21.2. The number of azide groups is 1. The molecule has 0 saturated carbocycles. The number of benzene rings is 2. The molecule has 0 unspecified atom stereocenters. The van der Waals surface area contributed by atoms with E-state index in [1.54, 1.807) is 0 Å². The van der Waals surface area contributed by atoms with Crippen LogP contribution < -0.4 is 5.32 Å². The van der Waals surface area contributed by atoms with Crippen LogP contribution in [-0.4, -0.2) is 35.9 Å². The van der Waals surface area contributed by atoms with Gasteiger partial charge in [0, 0.05) is 17.4 Å². The van der Waals surface area contributed by atoms with E-state index in [9.17, 15) is 14.7 Å². The molecular formula is C22H24N4O4. The van der Waals surface area contributed by atoms with E-state index in [0.717, 1.165) is 22.3 Å². The van der Waals surface area contributed by atoms with E-state index in [4.69, 9.17) is 10.3 Å². The third-order valence-electron chi connectivity index (χ3n) is 5.44. The molecule has 0 fully saturated rings. The van der Waals surface area contributed by atoms with Crippen molar-refractivity contribution >= 4 is 12.1 Å². The number of aliphatic carboxylic acids is 1. The lowest BCUT2D eigenvalue weighted by molar-refractivity contribution is -0.144. The summed E-state index contributed by atoms with van der Waals surface area (Å²) in [7, 11) is 0. The molecule has 1 aliphatic rings. The predicted molar refractivity (Wildman–Crippen MR) is 112 cm³/mol. The topological polar surface area (TPSA) is 124 Å². The van der Waals surface area contributed by atoms with Crippen LogP contribution in [0.2, 0.25) is 0 Å². The molecule has 3 rings (SSSR count). The van der Waals surface area contributed by atoms with Crippen molar-refractivity contribution in [3.8, 4) is 11.1 Å². The van der Waals surface area contributed by atoms with Gasteiger partial charge in [-0.25, -0.2) is 9.59 Å². The number of hydrogen-bond donors (Lipinski definition) is 2. The molecule has 2 aromatic carbocycles. The summed E-state index contributed by atoms with van der Waals surface area (Å²) < 4.78 is 5.45. The van der Waals surface area contributed by atoms with E-state index in [0.29, 0.717) is 12.8 Å². The first-order valence-corrected chi connectivity index (χ1v) is 9.83. The van der Waals surface area contributed by atoms with Crippen LogP contribution in [0.15, 0.2) is 53.6 Å². The highest BCUT2D eigenvalue weighted by atomic mass is 16.5. The van der Waals surface area contributed by atoms with Crippen molar-refractivity contribution in [1.82, 2.24) is 5.32 Å². The van der Waals surface area contributed by atoms with Crippen molar-refractivity contribution < 1.29 is 19.4 Å². The van der Waals surface area contributed by atoms with E-state index in [1.165, 1.54) is 6.92 Å². The molecular weight excluding hydrogens is 384 g/mol. The predicted octanol–water partition coefficient (Wildman–Crippen LogP) is 4.85. The molecule has 0 aromatic heterocycles. The maximum Gasteiger partial charge on any atom is 0.408 e. The van der Waals surface area contributed by atoms with Gasteiger partial charge < -0.3 is 15.2 Å². The van der Waals surface area contributed by atoms with Gasteiger partial charge in [0.25, 0.3) is 0 Å². The average Bonchev–Trinajstić information content (AvgIpc) is 3.06. The van der Waals surface area contributed by atoms with Gasteiger partial charge >= 0.3 is 12.1 Å². The number of amides is 1. The summed E-state index contributed by atoms with van der Waals surface area (Å²) in [4.78, 5) is 26.8. The summed E-state index contributed by atoms with van der Waals surface area (Å²) in [6.07, 6.45) is 0.468. The monoisotopic (exact) mass is 408 g/mol. The highest BCUT2D eigenvalue weighted by Gasteiger charge is 2.35. The smallest absolute Gasteiger partial charge is 0.408 e. The second-order valence-electron chi connectivity index (χ2n) is 7.50. The number of nitrogens with one attached hydrogen (secondary N) is 1. The van der Waals surface area contributed by atoms with Crippen molar-refractivity contribution in [2.24, 2.45) is 5.11 Å². The van der Waals surface area contributed by atoms with Gasteiger partial charge in [0.05, 0.1) is 0 Å². The van der Waals surface area contributed by atoms with Crippen molar-refractivity contribution in [2.75, 3.05) is 13.2 Å². The van der Waals surface area contributed by atoms with Crippen LogP contribution in [0.1, 0.15) is 43.2 Å². The molecule has 0 bridgehead atoms. The molecule has 2 aromatic rings. The summed E-state index contributed by atoms with van der Waals surface area (Å²) in [5.74, 6) is -1.23. The van der Waals surface area contributed by atoms with Gasteiger partial charge in [-0.2, -0.15) is 0 Å². The largest absolute Gasteiger partial charge is 0.480 e. The number of carboxylic acids is 1. The third kappa shape index (κ3) is 4.55. The Morgan fingerprint density at radius 2 is 1.73 bits per heavy atom. The van der Waals surface area contributed by atoms with Crippen molar-refractivity contribution in [1.29, 1.82) is 0 Å². The fraction of sp³-hybridized carbons (Fsp3) is 0.364. The number of carbonyl (C=O) groups excluding carboxylic acids is 1. The molecule has 1 atom stereocenters. The fourth-order valence-electron chi connectivity index (χ4n) is 3.79. The summed E-state index contributed by atoms with van der Waals surface area (Å²) in [6.45, 7) is 1.86. The number of fused-ring (bicyclic) bond motifs is 3. The molecule has 8 heteroatoms. The highest BCUT2D eigenvalue weighted by Crippen LogP contribution is 2.44. The Labute approximate surface area is 174 Å². The fourth-order valence-corrected chi connectivity index (χ4v) is 3.79. The normalized spacial score (nSPS) is 14.0. The van der Waals surface area contributed by atoms with Crippen LogP contribution in [-0.2, 0) is 9.53 Å². The number of alkyl carbamates (subject to hydrolysis) is 1. The zero-order valence-corrected chi connectivity index (χ0v) is 16.7. The van der Waals surface area contributed by atoms with Crippen LogP contribution in [0.25, 0.3) is 21.6 Å². The molecule has 156 valence electrons. The van der Waals surface area contributed by atoms with Crippen LogP contribution >= 0.6 is 0 Å². The van der Waals surface area contributed by atoms with Gasteiger partial charge in [0.15, 0.2) is 0 Å². The Kier molecular flexibility index (Phi) is 6.59. The number of nitrogens with zero attached hydrogens (tertiary/aromatic N) is 3. The lowest BCUT2D eigenvalue weighted by Crippen LogP contribution is -2.52. The van der Waals surface area contributed by atoms with Gasteiger partial charge in [-0.05, 0) is 47.6 Å². The van der Waals surface area contributed by atoms with E-state index in [-0.39, 0.29) is 25.5 Å². The van der Waals surface area contributed by atoms with Crippen LogP contribution in [0, 0.1) is 0 Å². The Hall–Kier alpha value is -3.51. The van der Waals surface area contributed by atoms with E-state index >= 15 is 0 Å². The molecule has 30 heavy (non-hydrogen) atoms. The first-order valence-electron chi connectivity index (χ1n) is 9.83. The molecule has 0 radical (unpaired) electrons. The van der Waals surface area contributed by atoms with Crippen molar-refractivity contribution in [3.63, 3.8) is 0 Å². The van der Waals surface area contributed by atoms with Gasteiger partial charge in [-0.1, -0.05) is 60.1 Å². The van der Waals surface area contributed by atoms with Crippen molar-refractivity contribution in [3.05, 3.63) is 70.1 Å². The number of hydrogen-bond acceptors (Lipinski definition) is 4. The molecule has 8 nitrogen and oxygen atoms in total. The van der Waals surface area contributed by atoms with Gasteiger partial charge in [0.1, 0.15) is 12.1 Å². The quantitative estimate of drug-likeness (QED) is 0.266. The SMILES string of the molecule is C[C@](CCCCN=[N+]=[N-])(NC(=O)OCC1c2ccccc2-c2ccccc21)C(=O)O. The van der Waals surface area contributed by atoms with Crippen molar-refractivity contribution in [2.45, 2.75) is 37.6 Å². The number of unbranched alkanes of at least 4 members (excludes halogenated alkanes) is 1. The maximum absolute atomic E-state index is 12.4. The number of ether oxygens (including phenoxy) is 1. The van der Waals surface area contributed by atoms with E-state index in [1.807, 2.05) is 48.5 Å². The van der Waals surface area contributed by atoms with E-state index < -0.39 is 17.6 Å². The lowest BCUT2D eigenvalue weighted by atomic mass is 9.95. The molecule has 1 aliphatic carbocycles. The summed E-state index contributed by atoms with van der Waals surface area (Å²) in [5, 5.41) is 15.5. The van der Waals surface area contributed by atoms with Gasteiger partial charge in [-0.15, -0.1) is 0 Å². The number of carbonyl (C=O) groups is 2. The second kappa shape index (κ2) is 9.33. The Morgan fingerprint density at radius 3 is 2.30 bits per heavy atom. The average molecular weight is 408 g/mol. The summed E-state index contributed by atoms with van der Waals surface area (Å²) >= 11 is 0. The molecule has 0 heterocycles. The zero-order chi connectivity index (χ0) is 21.6. The Balaban J connectivity index is 1.63. The molecule has 2 N–H and O–H groups in total. The maximum atomic E-state index is 12.4. The minimum Gasteiger partial charge on any atom is -0.480 e. The second-order valence-corrected chi connectivity index (χ2v) is 7.50. The molecule has 1 amide bonds. The standard InChI is InChI=1S/C22H24N4O4/c1-22(20(27)28,12-6-7-13-24-26-23)25-21(29)30-14-19-17-10-4-2-8-15(17)16-9-3-5-11-18(16)19/h2-5,8-11,19H,6-7,12-14H2,1H3,(H,25,29)(H,27,28)/t22-/m1/s1. The highest BCUT2D eigenvalue weighted by molar-refractivity contribution is 5.84. The van der Waals surface area contributed by atoms with Gasteiger partial charge in [0.2, 0.25) is 0 Å². The number of carboxylic acid groups (broad SMARTS) is 1. The van der Waals surface area contributed by atoms with Crippen LogP contribution in [0.3, 0.4) is 0 Å². The van der Waals surface area contributed by atoms with Crippen LogP contribution in [0.5, 0.6) is 0 Å². The Morgan fingerprint density at radius 1 is 1.13 bits per heavy atom. The lowest BCUT2D eigenvalue weighted by Gasteiger charge is -2.26. The summed E-state index contributed by atoms with van der Waals surface area (Å²) in [5.41, 5.74) is 11.3. The Bertz CT molecular complexity index is 941. The molecule has 0 aliphatic heterocycles.